The molecule has 2 amide bonds. The van der Waals surface area contributed by atoms with Gasteiger partial charge in [0.1, 0.15) is 0 Å². The third kappa shape index (κ3) is 30.5. The van der Waals surface area contributed by atoms with Crippen molar-refractivity contribution in [1.29, 1.82) is 0 Å². The number of nitrogens with one attached hydrogen (secondary N) is 1. The smallest absolute Gasteiger partial charge is 0.407 e. The van der Waals surface area contributed by atoms with Crippen LogP contribution in [0.1, 0.15) is 213 Å². The van der Waals surface area contributed by atoms with Gasteiger partial charge in [0.15, 0.2) is 6.61 Å². The second-order valence-electron chi connectivity index (χ2n) is 14.9. The van der Waals surface area contributed by atoms with E-state index in [0.29, 0.717) is 13.0 Å². The van der Waals surface area contributed by atoms with Gasteiger partial charge in [0.2, 0.25) is 0 Å². The average Bonchev–Trinajstić information content (AvgIpc) is 3.08. The van der Waals surface area contributed by atoms with E-state index in [1.165, 1.54) is 155 Å². The zero-order valence-electron chi connectivity index (χ0n) is 32.4. The number of nitrogens with zero attached hydrogens (tertiary/aromatic N) is 2. The number of hydrogen-bond donors (Lipinski definition) is 2. The van der Waals surface area contributed by atoms with Crippen LogP contribution in [0.5, 0.6) is 0 Å². The maximum atomic E-state index is 12.2. The molecule has 0 aliphatic carbocycles. The molecule has 0 spiro atoms. The molecule has 0 aliphatic rings. The zero-order valence-corrected chi connectivity index (χ0v) is 32.4. The van der Waals surface area contributed by atoms with Gasteiger partial charge in [-0.25, -0.2) is 9.59 Å². The number of amides is 2. The highest BCUT2D eigenvalue weighted by atomic mass is 16.6. The summed E-state index contributed by atoms with van der Waals surface area (Å²) in [7, 11) is 0. The number of ether oxygens (including phenoxy) is 1. The fourth-order valence-electron chi connectivity index (χ4n) is 6.44. The van der Waals surface area contributed by atoms with E-state index in [9.17, 15) is 24.8 Å². The molecule has 9 nitrogen and oxygen atoms in total. The molecule has 0 aromatic heterocycles. The Balaban J connectivity index is 3.96. The van der Waals surface area contributed by atoms with Crippen LogP contribution in [0.15, 0.2) is 0 Å². The first-order valence-corrected chi connectivity index (χ1v) is 20.8. The van der Waals surface area contributed by atoms with Crippen LogP contribution in [-0.4, -0.2) is 58.9 Å². The van der Waals surface area contributed by atoms with E-state index in [2.05, 4.69) is 19.2 Å². The first kappa shape index (κ1) is 46.9. The Labute approximate surface area is 301 Å². The van der Waals surface area contributed by atoms with Gasteiger partial charge in [-0.15, -0.1) is 0 Å². The summed E-state index contributed by atoms with van der Waals surface area (Å²) in [5, 5.41) is 24.3. The van der Waals surface area contributed by atoms with Crippen molar-refractivity contribution in [2.24, 2.45) is 0 Å². The van der Waals surface area contributed by atoms with Crippen molar-refractivity contribution >= 4 is 12.2 Å². The van der Waals surface area contributed by atoms with Crippen LogP contribution in [0.4, 0.5) is 9.59 Å². The number of alkyl carbamates (subject to hydrolysis) is 1. The lowest BCUT2D eigenvalue weighted by atomic mass is 10.0. The monoisotopic (exact) mass is 698 g/mol. The summed E-state index contributed by atoms with van der Waals surface area (Å²) >= 11 is 0. The number of rotatable bonds is 37. The predicted molar refractivity (Wildman–Crippen MR) is 204 cm³/mol. The Bertz CT molecular complexity index is 783. The molecule has 0 heterocycles. The van der Waals surface area contributed by atoms with E-state index in [1.54, 1.807) is 0 Å². The summed E-state index contributed by atoms with van der Waals surface area (Å²) in [6, 6.07) is 0. The maximum Gasteiger partial charge on any atom is 0.407 e. The number of carboxylic acid groups (broad SMARTS) is 1. The van der Waals surface area contributed by atoms with Crippen LogP contribution >= 0.6 is 0 Å². The van der Waals surface area contributed by atoms with Gasteiger partial charge in [0.05, 0.1) is 6.54 Å². The molecule has 2 N–H and O–H groups in total. The Kier molecular flexibility index (Phi) is 32.9. The maximum absolute atomic E-state index is 12.2. The minimum Gasteiger partial charge on any atom is -0.465 e. The number of carbonyl (C=O) groups is 2. The molecule has 0 saturated heterocycles. The van der Waals surface area contributed by atoms with Gasteiger partial charge >= 0.3 is 12.2 Å². The molecular weight excluding hydrogens is 618 g/mol. The second-order valence-corrected chi connectivity index (χ2v) is 14.9. The lowest BCUT2D eigenvalue weighted by Gasteiger charge is -2.27. The van der Waals surface area contributed by atoms with Crippen LogP contribution in [0.25, 0.3) is 0 Å². The van der Waals surface area contributed by atoms with Crippen molar-refractivity contribution < 1.29 is 24.4 Å². The highest BCUT2D eigenvalue weighted by Gasteiger charge is 2.42. The number of hydrogen-bond acceptors (Lipinski definition) is 5. The summed E-state index contributed by atoms with van der Waals surface area (Å²) < 4.78 is 5.19. The fraction of sp³-hybridized carbons (Fsp3) is 0.950. The number of unbranched alkanes of at least 4 members (excludes halogenated alkanes) is 28. The minimum absolute atomic E-state index is 0.239. The Morgan fingerprint density at radius 3 is 1.27 bits per heavy atom. The van der Waals surface area contributed by atoms with E-state index in [4.69, 9.17) is 4.74 Å². The van der Waals surface area contributed by atoms with Crippen LogP contribution < -0.4 is 5.32 Å². The van der Waals surface area contributed by atoms with Crippen molar-refractivity contribution in [1.82, 2.24) is 10.2 Å². The molecular formula is C40H79N3O6. The predicted octanol–water partition coefficient (Wildman–Crippen LogP) is 12.5. The zero-order chi connectivity index (χ0) is 36.3. The molecule has 290 valence electrons. The third-order valence-corrected chi connectivity index (χ3v) is 9.84. The highest BCUT2D eigenvalue weighted by Crippen LogP contribution is 2.17. The van der Waals surface area contributed by atoms with Crippen LogP contribution in [0.2, 0.25) is 0 Å². The first-order valence-electron chi connectivity index (χ1n) is 20.8. The van der Waals surface area contributed by atoms with Crippen molar-refractivity contribution in [3.8, 4) is 0 Å². The molecule has 0 rings (SSSR count). The largest absolute Gasteiger partial charge is 0.465 e. The molecule has 1 atom stereocenters. The molecule has 0 aromatic carbocycles. The molecule has 0 fully saturated rings. The summed E-state index contributed by atoms with van der Waals surface area (Å²) in [4.78, 5) is 36.6. The normalized spacial score (nSPS) is 12.5. The highest BCUT2D eigenvalue weighted by molar-refractivity contribution is 5.67. The summed E-state index contributed by atoms with van der Waals surface area (Å²) in [5.41, 5.74) is -1.71. The van der Waals surface area contributed by atoms with Gasteiger partial charge < -0.3 is 20.1 Å². The van der Waals surface area contributed by atoms with E-state index in [0.717, 1.165) is 43.4 Å². The van der Waals surface area contributed by atoms with Gasteiger partial charge in [0, 0.05) is 24.9 Å². The number of nitro groups is 1. The molecule has 0 saturated carbocycles. The van der Waals surface area contributed by atoms with Crippen LogP contribution in [-0.2, 0) is 4.74 Å². The van der Waals surface area contributed by atoms with E-state index >= 15 is 0 Å². The summed E-state index contributed by atoms with van der Waals surface area (Å²) in [6.45, 7) is 5.76. The van der Waals surface area contributed by atoms with Gasteiger partial charge in [0.25, 0.3) is 5.54 Å². The lowest BCUT2D eigenvalue weighted by Crippen LogP contribution is -2.52. The standard InChI is InChI=1S/C40H79N3O6/c1-4-6-8-10-12-14-16-18-20-22-24-26-28-30-32-34-41-38(44)49-37-40(3,43(47)48)36-42(39(45)46)35-33-31-29-27-25-23-21-19-17-15-13-11-9-7-5-2/h4-37H2,1-3H3,(H,41,44)(H,45,46). The van der Waals surface area contributed by atoms with Crippen molar-refractivity contribution in [2.75, 3.05) is 26.2 Å². The van der Waals surface area contributed by atoms with Crippen LogP contribution in [0, 0.1) is 10.1 Å². The van der Waals surface area contributed by atoms with Crippen molar-refractivity contribution in [3.63, 3.8) is 0 Å². The van der Waals surface area contributed by atoms with Gasteiger partial charge in [-0.05, 0) is 12.8 Å². The Morgan fingerprint density at radius 1 is 0.612 bits per heavy atom. The Morgan fingerprint density at radius 2 is 0.939 bits per heavy atom. The average molecular weight is 698 g/mol. The van der Waals surface area contributed by atoms with E-state index in [1.807, 2.05) is 0 Å². The molecule has 0 bridgehead atoms. The SMILES string of the molecule is CCCCCCCCCCCCCCCCCNC(=O)OCC(C)(CN(CCCCCCCCCCCCCCCCC)C(=O)O)[N+](=O)[O-]. The molecule has 0 aromatic rings. The molecule has 49 heavy (non-hydrogen) atoms. The van der Waals surface area contributed by atoms with E-state index in [-0.39, 0.29) is 13.1 Å². The van der Waals surface area contributed by atoms with Crippen molar-refractivity contribution in [2.45, 2.75) is 219 Å². The Hall–Kier alpha value is -2.06. The summed E-state index contributed by atoms with van der Waals surface area (Å²) in [5.74, 6) is 0. The van der Waals surface area contributed by atoms with E-state index < -0.39 is 29.3 Å². The molecule has 9 heteroatoms. The van der Waals surface area contributed by atoms with Gasteiger partial charge in [-0.2, -0.15) is 0 Å². The molecule has 1 unspecified atom stereocenters. The van der Waals surface area contributed by atoms with Gasteiger partial charge in [-0.3, -0.25) is 10.1 Å². The lowest BCUT2D eigenvalue weighted by molar-refractivity contribution is -0.568. The van der Waals surface area contributed by atoms with Gasteiger partial charge in [-0.1, -0.05) is 194 Å². The fourth-order valence-corrected chi connectivity index (χ4v) is 6.44. The topological polar surface area (TPSA) is 122 Å². The van der Waals surface area contributed by atoms with Crippen molar-refractivity contribution in [3.05, 3.63) is 10.1 Å². The van der Waals surface area contributed by atoms with Crippen LogP contribution in [0.3, 0.4) is 0 Å². The first-order chi connectivity index (χ1) is 23.8. The third-order valence-electron chi connectivity index (χ3n) is 9.84. The summed E-state index contributed by atoms with van der Waals surface area (Å²) in [6.07, 6.45) is 35.5. The quantitative estimate of drug-likeness (QED) is 0.0378. The number of carbonyl (C=O) groups excluding carboxylic acids is 1. The molecule has 0 radical (unpaired) electrons. The minimum atomic E-state index is -1.71. The second kappa shape index (κ2) is 34.4. The molecule has 0 aliphatic heterocycles.